The first-order valence-corrected chi connectivity index (χ1v) is 12.0. The number of hydrogen-bond donors (Lipinski definition) is 5. The number of carboxylic acids is 3. The van der Waals surface area contributed by atoms with Gasteiger partial charge in [-0.25, -0.2) is 0 Å². The summed E-state index contributed by atoms with van der Waals surface area (Å²) < 4.78 is 0. The molecule has 0 aromatic heterocycles. The fourth-order valence-electron chi connectivity index (χ4n) is 2.63. The molecule has 0 radical (unpaired) electrons. The van der Waals surface area contributed by atoms with Crippen molar-refractivity contribution >= 4 is 53.2 Å². The van der Waals surface area contributed by atoms with Crippen LogP contribution in [-0.2, 0) is 19.2 Å². The van der Waals surface area contributed by atoms with E-state index in [0.717, 1.165) is 33.6 Å². The number of hydrogen-bond acceptors (Lipinski definition) is 6. The molecule has 0 fully saturated rings. The van der Waals surface area contributed by atoms with Crippen molar-refractivity contribution in [2.24, 2.45) is 11.5 Å². The van der Waals surface area contributed by atoms with Crippen LogP contribution in [0.3, 0.4) is 0 Å². The Hall–Kier alpha value is -1.000. The van der Waals surface area contributed by atoms with Gasteiger partial charge in [0, 0.05) is 33.7 Å². The molecule has 9 nitrogen and oxygen atoms in total. The molecular weight excluding hydrogens is 451 g/mol. The van der Waals surface area contributed by atoms with Crippen LogP contribution in [0.1, 0.15) is 118 Å². The third kappa shape index (κ3) is 69.8. The van der Waals surface area contributed by atoms with Crippen LogP contribution in [0.4, 0.5) is 0 Å². The van der Waals surface area contributed by atoms with Crippen molar-refractivity contribution in [3.8, 4) is 0 Å². The number of carbonyl (C=O) groups excluding carboxylic acids is 1. The number of unbranched alkanes of at least 4 members (excludes halogenated alkanes) is 12. The topological polar surface area (TPSA) is 181 Å². The monoisotopic (exact) mass is 502 g/mol. The van der Waals surface area contributed by atoms with Crippen molar-refractivity contribution < 1.29 is 34.5 Å². The van der Waals surface area contributed by atoms with Gasteiger partial charge in [0.25, 0.3) is 17.9 Å². The van der Waals surface area contributed by atoms with E-state index in [-0.39, 0.29) is 41.9 Å². The second kappa shape index (κ2) is 36.6. The fraction of sp³-hybridized carbons (Fsp3) is 0.833. The van der Waals surface area contributed by atoms with Crippen LogP contribution in [0.25, 0.3) is 0 Å². The molecular formula is C24H51N2NaO7. The molecule has 0 amide bonds. The first-order chi connectivity index (χ1) is 15.4. The predicted molar refractivity (Wildman–Crippen MR) is 139 cm³/mol. The number of rotatable bonds is 16. The Morgan fingerprint density at radius 1 is 0.618 bits per heavy atom. The van der Waals surface area contributed by atoms with Gasteiger partial charge < -0.3 is 26.8 Å². The molecule has 0 aliphatic heterocycles. The molecule has 34 heavy (non-hydrogen) atoms. The van der Waals surface area contributed by atoms with E-state index in [0.29, 0.717) is 6.42 Å². The van der Waals surface area contributed by atoms with Gasteiger partial charge in [-0.3, -0.25) is 19.2 Å². The number of carbonyl (C=O) groups is 4. The Balaban J connectivity index is -0.000000178. The van der Waals surface area contributed by atoms with E-state index in [1.807, 2.05) is 0 Å². The molecule has 0 aromatic carbocycles. The molecule has 0 aliphatic carbocycles. The van der Waals surface area contributed by atoms with Gasteiger partial charge in [-0.1, -0.05) is 84.0 Å². The quantitative estimate of drug-likeness (QED) is 0.154. The molecule has 10 heteroatoms. The van der Waals surface area contributed by atoms with Crippen LogP contribution in [0.15, 0.2) is 0 Å². The third-order valence-electron chi connectivity index (χ3n) is 4.19. The minimum atomic E-state index is -0.833. The van der Waals surface area contributed by atoms with Gasteiger partial charge in [-0.2, -0.15) is 0 Å². The Bertz CT molecular complexity index is 438. The second-order valence-electron chi connectivity index (χ2n) is 7.86. The summed E-state index contributed by atoms with van der Waals surface area (Å²) in [5, 5.41) is 22.2. The van der Waals surface area contributed by atoms with E-state index in [1.54, 1.807) is 0 Å². The number of ketones is 1. The van der Waals surface area contributed by atoms with Gasteiger partial charge in [0.15, 0.2) is 5.78 Å². The Kier molecular flexibility index (Phi) is 46.4. The molecule has 0 rings (SSSR count). The number of nitrogens with two attached hydrogens (primary N) is 2. The summed E-state index contributed by atoms with van der Waals surface area (Å²) in [6.07, 6.45) is 17.8. The van der Waals surface area contributed by atoms with Crippen LogP contribution < -0.4 is 11.5 Å². The van der Waals surface area contributed by atoms with Gasteiger partial charge in [-0.15, -0.1) is 0 Å². The summed E-state index contributed by atoms with van der Waals surface area (Å²) in [5.74, 6) is -2.37. The summed E-state index contributed by atoms with van der Waals surface area (Å²) in [7, 11) is 0. The van der Waals surface area contributed by atoms with Crippen molar-refractivity contribution in [2.75, 3.05) is 6.54 Å². The Labute approximate surface area is 228 Å². The van der Waals surface area contributed by atoms with Crippen LogP contribution in [0, 0.1) is 0 Å². The van der Waals surface area contributed by atoms with Crippen LogP contribution in [-0.4, -0.2) is 81.2 Å². The normalized spacial score (nSPS) is 9.94. The number of Topliss-reactive ketones (excluding diaryl/α,β-unsaturated/α-hetero) is 1. The van der Waals surface area contributed by atoms with E-state index in [1.165, 1.54) is 70.6 Å². The molecule has 1 atom stereocenters. The molecule has 0 aromatic rings. The first kappa shape index (κ1) is 43.1. The summed E-state index contributed by atoms with van der Waals surface area (Å²) in [5.41, 5.74) is 11.0. The zero-order valence-electron chi connectivity index (χ0n) is 21.3. The Morgan fingerprint density at radius 2 is 0.853 bits per heavy atom. The average molecular weight is 503 g/mol. The van der Waals surface area contributed by atoms with Crippen molar-refractivity contribution in [2.45, 2.75) is 124 Å². The van der Waals surface area contributed by atoms with Crippen LogP contribution in [0.2, 0.25) is 0 Å². The van der Waals surface area contributed by atoms with E-state index < -0.39 is 23.9 Å². The maximum absolute atomic E-state index is 11.5. The van der Waals surface area contributed by atoms with Gasteiger partial charge in [0.2, 0.25) is 0 Å². The molecule has 0 heterocycles. The molecule has 0 spiro atoms. The van der Waals surface area contributed by atoms with Gasteiger partial charge in [-0.05, 0) is 6.42 Å². The van der Waals surface area contributed by atoms with E-state index in [4.69, 9.17) is 41.2 Å². The molecule has 1 unspecified atom stereocenters. The number of aliphatic carboxylic acids is 3. The maximum atomic E-state index is 11.5. The van der Waals surface area contributed by atoms with Crippen LogP contribution in [0.5, 0.6) is 0 Å². The van der Waals surface area contributed by atoms with Gasteiger partial charge in [0.1, 0.15) is 0 Å². The van der Waals surface area contributed by atoms with Crippen molar-refractivity contribution in [1.82, 2.24) is 0 Å². The summed E-state index contributed by atoms with van der Waals surface area (Å²) in [6.45, 7) is 5.79. The standard InChI is InChI=1S/C18H38N2O.3C2H4O2.Na.H/c1-2-3-4-5-6-7-8-9-10-11-12-13-14-15-18(21)17(20)16-19;3*1-2(3)4;;/h17H,2-16,19-20H2,1H3;3*1H3,(H,3,4);;. The van der Waals surface area contributed by atoms with Crippen molar-refractivity contribution in [1.29, 1.82) is 0 Å². The Morgan fingerprint density at radius 3 is 1.09 bits per heavy atom. The third-order valence-corrected chi connectivity index (χ3v) is 4.19. The fourth-order valence-corrected chi connectivity index (χ4v) is 2.63. The molecule has 0 bridgehead atoms. The molecule has 0 saturated heterocycles. The summed E-state index contributed by atoms with van der Waals surface area (Å²) in [4.78, 5) is 38.5. The minimum absolute atomic E-state index is 0. The SMILES string of the molecule is CC(=O)O.CC(=O)O.CC(=O)O.CCCCCCCCCCCCCCCC(=O)C(N)CN.[NaH]. The zero-order valence-corrected chi connectivity index (χ0v) is 21.3. The summed E-state index contributed by atoms with van der Waals surface area (Å²) in [6, 6.07) is -0.442. The van der Waals surface area contributed by atoms with Gasteiger partial charge in [0.05, 0.1) is 6.04 Å². The van der Waals surface area contributed by atoms with Gasteiger partial charge >= 0.3 is 29.6 Å². The zero-order chi connectivity index (χ0) is 26.5. The predicted octanol–water partition coefficient (Wildman–Crippen LogP) is 3.95. The van der Waals surface area contributed by atoms with E-state index >= 15 is 0 Å². The van der Waals surface area contributed by atoms with E-state index in [9.17, 15) is 4.79 Å². The molecule has 0 aliphatic rings. The first-order valence-electron chi connectivity index (χ1n) is 12.0. The number of carboxylic acid groups (broad SMARTS) is 3. The molecule has 0 saturated carbocycles. The van der Waals surface area contributed by atoms with Crippen molar-refractivity contribution in [3.05, 3.63) is 0 Å². The second-order valence-corrected chi connectivity index (χ2v) is 7.86. The summed E-state index contributed by atoms with van der Waals surface area (Å²) >= 11 is 0. The van der Waals surface area contributed by atoms with E-state index in [2.05, 4.69) is 6.92 Å². The average Bonchev–Trinajstić information content (AvgIpc) is 2.69. The molecule has 200 valence electrons. The van der Waals surface area contributed by atoms with Crippen LogP contribution >= 0.6 is 0 Å². The van der Waals surface area contributed by atoms with Crippen molar-refractivity contribution in [3.63, 3.8) is 0 Å². The molecule has 7 N–H and O–H groups in total.